The van der Waals surface area contributed by atoms with Crippen LogP contribution in [0.5, 0.6) is 0 Å². The van der Waals surface area contributed by atoms with Gasteiger partial charge in [0.1, 0.15) is 6.29 Å². The summed E-state index contributed by atoms with van der Waals surface area (Å²) in [6, 6.07) is 9.95. The van der Waals surface area contributed by atoms with Crippen molar-refractivity contribution in [1.29, 1.82) is 0 Å². The van der Waals surface area contributed by atoms with Gasteiger partial charge in [0.25, 0.3) is 0 Å². The van der Waals surface area contributed by atoms with Crippen LogP contribution in [0.4, 0.5) is 0 Å². The van der Waals surface area contributed by atoms with E-state index in [-0.39, 0.29) is 6.04 Å². The molecule has 0 spiro atoms. The summed E-state index contributed by atoms with van der Waals surface area (Å²) in [7, 11) is 0. The van der Waals surface area contributed by atoms with Crippen molar-refractivity contribution in [2.45, 2.75) is 25.3 Å². The molecule has 0 aliphatic heterocycles. The van der Waals surface area contributed by atoms with E-state index in [1.54, 1.807) is 0 Å². The summed E-state index contributed by atoms with van der Waals surface area (Å²) in [6.07, 6.45) is 7.87. The van der Waals surface area contributed by atoms with E-state index in [1.807, 2.05) is 18.2 Å². The first-order valence-corrected chi connectivity index (χ1v) is 6.46. The molecule has 0 fully saturated rings. The van der Waals surface area contributed by atoms with Crippen molar-refractivity contribution in [1.82, 2.24) is 5.32 Å². The third kappa shape index (κ3) is 6.99. The first kappa shape index (κ1) is 14.6. The molecule has 3 heteroatoms. The lowest BCUT2D eigenvalue weighted by molar-refractivity contribution is -0.109. The highest BCUT2D eigenvalue weighted by Gasteiger charge is 1.97. The summed E-state index contributed by atoms with van der Waals surface area (Å²) in [5, 5.41) is 3.33. The van der Waals surface area contributed by atoms with E-state index in [0.29, 0.717) is 0 Å². The van der Waals surface area contributed by atoms with Crippen molar-refractivity contribution >= 4 is 12.4 Å². The molecule has 1 aromatic rings. The minimum atomic E-state index is -0.289. The maximum Gasteiger partial charge on any atom is 0.136 e. The molecule has 18 heavy (non-hydrogen) atoms. The number of carbonyl (C=O) groups excluding carboxylic acids is 1. The van der Waals surface area contributed by atoms with Crippen LogP contribution in [0.25, 0.3) is 6.08 Å². The Hall–Kier alpha value is -1.45. The van der Waals surface area contributed by atoms with Gasteiger partial charge in [-0.3, -0.25) is 0 Å². The minimum absolute atomic E-state index is 0.289. The van der Waals surface area contributed by atoms with E-state index in [9.17, 15) is 4.79 Å². The van der Waals surface area contributed by atoms with Crippen LogP contribution in [-0.2, 0) is 4.79 Å². The van der Waals surface area contributed by atoms with E-state index in [2.05, 4.69) is 29.6 Å². The molecule has 3 N–H and O–H groups in total. The molecule has 0 amide bonds. The van der Waals surface area contributed by atoms with Crippen LogP contribution < -0.4 is 11.1 Å². The number of nitrogens with one attached hydrogen (secondary N) is 1. The molecule has 98 valence electrons. The summed E-state index contributed by atoms with van der Waals surface area (Å²) in [6.45, 7) is 1.83. The molecule has 0 radical (unpaired) electrons. The van der Waals surface area contributed by atoms with Crippen molar-refractivity contribution in [2.24, 2.45) is 5.73 Å². The smallest absolute Gasteiger partial charge is 0.136 e. The van der Waals surface area contributed by atoms with Crippen LogP contribution in [0.1, 0.15) is 24.8 Å². The lowest BCUT2D eigenvalue weighted by atomic mass is 10.1. The quantitative estimate of drug-likeness (QED) is 0.517. The van der Waals surface area contributed by atoms with Gasteiger partial charge in [-0.05, 0) is 24.9 Å². The number of hydrogen-bond acceptors (Lipinski definition) is 3. The van der Waals surface area contributed by atoms with E-state index in [0.717, 1.165) is 38.6 Å². The van der Waals surface area contributed by atoms with Crippen LogP contribution >= 0.6 is 0 Å². The molecule has 0 aliphatic carbocycles. The van der Waals surface area contributed by atoms with Crippen LogP contribution in [-0.4, -0.2) is 25.4 Å². The average molecular weight is 246 g/mol. The van der Waals surface area contributed by atoms with Crippen molar-refractivity contribution in [3.63, 3.8) is 0 Å². The van der Waals surface area contributed by atoms with Crippen LogP contribution in [0, 0.1) is 0 Å². The Balaban J connectivity index is 1.99. The molecule has 0 saturated heterocycles. The van der Waals surface area contributed by atoms with E-state index in [4.69, 9.17) is 5.73 Å². The van der Waals surface area contributed by atoms with Gasteiger partial charge < -0.3 is 15.8 Å². The third-order valence-electron chi connectivity index (χ3n) is 2.69. The molecule has 3 nitrogen and oxygen atoms in total. The molecule has 1 atom stereocenters. The molecule has 0 saturated carbocycles. The largest absolute Gasteiger partial charge is 0.322 e. The zero-order valence-electron chi connectivity index (χ0n) is 10.7. The van der Waals surface area contributed by atoms with Gasteiger partial charge in [-0.25, -0.2) is 0 Å². The number of carbonyl (C=O) groups is 1. The molecule has 0 aromatic heterocycles. The number of aldehydes is 1. The number of nitrogens with two attached hydrogens (primary N) is 1. The van der Waals surface area contributed by atoms with Gasteiger partial charge in [0.15, 0.2) is 0 Å². The normalized spacial score (nSPS) is 12.7. The Morgan fingerprint density at radius 3 is 2.72 bits per heavy atom. The molecule has 0 aliphatic rings. The Morgan fingerprint density at radius 2 is 2.00 bits per heavy atom. The second-order valence-electron chi connectivity index (χ2n) is 4.31. The van der Waals surface area contributed by atoms with Gasteiger partial charge in [-0.2, -0.15) is 0 Å². The summed E-state index contributed by atoms with van der Waals surface area (Å²) in [5.41, 5.74) is 6.72. The zero-order chi connectivity index (χ0) is 13.1. The topological polar surface area (TPSA) is 55.1 Å². The lowest BCUT2D eigenvalue weighted by Gasteiger charge is -2.04. The zero-order valence-corrected chi connectivity index (χ0v) is 10.7. The summed E-state index contributed by atoms with van der Waals surface area (Å²) in [4.78, 5) is 10.3. The van der Waals surface area contributed by atoms with Gasteiger partial charge in [-0.1, -0.05) is 48.9 Å². The number of hydrogen-bond donors (Lipinski definition) is 2. The highest BCUT2D eigenvalue weighted by molar-refractivity contribution is 5.56. The second kappa shape index (κ2) is 9.57. The predicted molar refractivity (Wildman–Crippen MR) is 76.2 cm³/mol. The van der Waals surface area contributed by atoms with Gasteiger partial charge in [0.2, 0.25) is 0 Å². The maximum absolute atomic E-state index is 10.3. The Morgan fingerprint density at radius 1 is 1.22 bits per heavy atom. The first-order valence-electron chi connectivity index (χ1n) is 6.46. The standard InChI is InChI=1S/C15H22N2O/c16-15(13-18)10-4-5-11-17-12-6-9-14-7-2-1-3-8-14/h1-3,6-9,13,15,17H,4-5,10-12,16H2/b9-6+. The van der Waals surface area contributed by atoms with Gasteiger partial charge in [0, 0.05) is 6.54 Å². The van der Waals surface area contributed by atoms with Gasteiger partial charge in [-0.15, -0.1) is 0 Å². The Bertz CT molecular complexity index is 349. The van der Waals surface area contributed by atoms with Crippen molar-refractivity contribution in [2.75, 3.05) is 13.1 Å². The van der Waals surface area contributed by atoms with Crippen molar-refractivity contribution < 1.29 is 4.79 Å². The lowest BCUT2D eigenvalue weighted by Crippen LogP contribution is -2.22. The SMILES string of the molecule is NC(C=O)CCCCNC/C=C/c1ccccc1. The van der Waals surface area contributed by atoms with Crippen molar-refractivity contribution in [3.8, 4) is 0 Å². The third-order valence-corrected chi connectivity index (χ3v) is 2.69. The Labute approximate surface area is 109 Å². The monoisotopic (exact) mass is 246 g/mol. The highest BCUT2D eigenvalue weighted by Crippen LogP contribution is 2.00. The van der Waals surface area contributed by atoms with Crippen LogP contribution in [0.2, 0.25) is 0 Å². The van der Waals surface area contributed by atoms with Crippen molar-refractivity contribution in [3.05, 3.63) is 42.0 Å². The van der Waals surface area contributed by atoms with E-state index < -0.39 is 0 Å². The number of unbranched alkanes of at least 4 members (excludes halogenated alkanes) is 1. The van der Waals surface area contributed by atoms with Gasteiger partial charge >= 0.3 is 0 Å². The maximum atomic E-state index is 10.3. The minimum Gasteiger partial charge on any atom is -0.322 e. The molecule has 0 bridgehead atoms. The summed E-state index contributed by atoms with van der Waals surface area (Å²) >= 11 is 0. The van der Waals surface area contributed by atoms with Crippen LogP contribution in [0.3, 0.4) is 0 Å². The van der Waals surface area contributed by atoms with Crippen LogP contribution in [0.15, 0.2) is 36.4 Å². The number of benzene rings is 1. The summed E-state index contributed by atoms with van der Waals surface area (Å²) in [5.74, 6) is 0. The van der Waals surface area contributed by atoms with Gasteiger partial charge in [0.05, 0.1) is 6.04 Å². The number of rotatable bonds is 9. The fourth-order valence-corrected chi connectivity index (χ4v) is 1.64. The summed E-state index contributed by atoms with van der Waals surface area (Å²) < 4.78 is 0. The molecular formula is C15H22N2O. The predicted octanol–water partition coefficient (Wildman–Crippen LogP) is 1.99. The van der Waals surface area contributed by atoms with E-state index >= 15 is 0 Å². The highest BCUT2D eigenvalue weighted by atomic mass is 16.1. The first-order chi connectivity index (χ1) is 8.83. The fraction of sp³-hybridized carbons (Fsp3) is 0.400. The molecular weight excluding hydrogens is 224 g/mol. The average Bonchev–Trinajstić information content (AvgIpc) is 2.42. The second-order valence-corrected chi connectivity index (χ2v) is 4.31. The van der Waals surface area contributed by atoms with E-state index in [1.165, 1.54) is 5.56 Å². The molecule has 1 aromatic carbocycles. The molecule has 1 unspecified atom stereocenters. The Kier molecular flexibility index (Phi) is 7.77. The fourth-order valence-electron chi connectivity index (χ4n) is 1.64. The molecule has 1 rings (SSSR count). The molecule has 0 heterocycles.